The third-order valence-corrected chi connectivity index (χ3v) is 5.74. The highest BCUT2D eigenvalue weighted by Gasteiger charge is 2.14. The maximum atomic E-state index is 10.1. The highest BCUT2D eigenvalue weighted by atomic mass is 127. The molecule has 96 valence electrons. The Morgan fingerprint density at radius 2 is 1.83 bits per heavy atom. The van der Waals surface area contributed by atoms with Crippen molar-refractivity contribution in [3.8, 4) is 0 Å². The van der Waals surface area contributed by atoms with Gasteiger partial charge in [0.05, 0.1) is 6.10 Å². The summed E-state index contributed by atoms with van der Waals surface area (Å²) in [6.07, 6.45) is 3.95. The van der Waals surface area contributed by atoms with Crippen molar-refractivity contribution < 1.29 is 5.11 Å². The van der Waals surface area contributed by atoms with E-state index in [-0.39, 0.29) is 32.8 Å². The van der Waals surface area contributed by atoms with Gasteiger partial charge in [-0.15, -0.1) is 0 Å². The highest BCUT2D eigenvalue weighted by Crippen LogP contribution is 2.25. The second-order valence-electron chi connectivity index (χ2n) is 4.90. The molecule has 0 aromatic heterocycles. The third-order valence-electron chi connectivity index (χ3n) is 3.10. The SMILES string of the molecule is Cc1ccccc1C1=IC=C(C(O)C(C)C)C=C1. The monoisotopic (exact) mass is 354 g/mol. The average molecular weight is 354 g/mol. The van der Waals surface area contributed by atoms with E-state index >= 15 is 0 Å². The van der Waals surface area contributed by atoms with Gasteiger partial charge >= 0.3 is 0 Å². The molecule has 0 spiro atoms. The van der Waals surface area contributed by atoms with Gasteiger partial charge in [-0.05, 0) is 39.7 Å². The molecule has 1 atom stereocenters. The van der Waals surface area contributed by atoms with E-state index in [1.807, 2.05) is 0 Å². The Balaban J connectivity index is 2.27. The Hall–Kier alpha value is -0.740. The molecule has 1 aliphatic heterocycles. The van der Waals surface area contributed by atoms with Crippen LogP contribution in [0.3, 0.4) is 0 Å². The Labute approximate surface area is 119 Å². The van der Waals surface area contributed by atoms with Crippen molar-refractivity contribution in [2.45, 2.75) is 26.9 Å². The summed E-state index contributed by atoms with van der Waals surface area (Å²) in [6, 6.07) is 8.51. The van der Waals surface area contributed by atoms with E-state index < -0.39 is 0 Å². The molecule has 1 aromatic carbocycles. The fourth-order valence-electron chi connectivity index (χ4n) is 1.90. The first-order valence-electron chi connectivity index (χ1n) is 6.22. The molecule has 0 saturated carbocycles. The first-order chi connectivity index (χ1) is 8.59. The van der Waals surface area contributed by atoms with Crippen molar-refractivity contribution in [2.24, 2.45) is 5.92 Å². The number of hydrogen-bond acceptors (Lipinski definition) is 1. The van der Waals surface area contributed by atoms with Crippen LogP contribution in [0.1, 0.15) is 25.0 Å². The molecule has 0 amide bonds. The van der Waals surface area contributed by atoms with Crippen molar-refractivity contribution >= 4 is 24.2 Å². The first kappa shape index (κ1) is 13.7. The molecule has 1 aliphatic rings. The normalized spacial score (nSPS) is 16.9. The minimum absolute atomic E-state index is 0.138. The number of aliphatic hydroxyl groups excluding tert-OH is 1. The summed E-state index contributed by atoms with van der Waals surface area (Å²) >= 11 is -0.138. The third kappa shape index (κ3) is 2.98. The number of aliphatic hydroxyl groups is 1. The largest absolute Gasteiger partial charge is 0.388 e. The number of aryl methyl sites for hydroxylation is 1. The molecular weight excluding hydrogens is 335 g/mol. The lowest BCUT2D eigenvalue weighted by molar-refractivity contribution is 0.164. The molecule has 18 heavy (non-hydrogen) atoms. The Bertz CT molecular complexity index is 524. The molecule has 0 radical (unpaired) electrons. The van der Waals surface area contributed by atoms with E-state index in [4.69, 9.17) is 0 Å². The number of rotatable bonds is 3. The topological polar surface area (TPSA) is 20.2 Å². The van der Waals surface area contributed by atoms with Crippen LogP contribution in [0.2, 0.25) is 0 Å². The molecule has 1 nitrogen and oxygen atoms in total. The van der Waals surface area contributed by atoms with Gasteiger partial charge in [0, 0.05) is 3.51 Å². The lowest BCUT2D eigenvalue weighted by atomic mass is 9.99. The van der Waals surface area contributed by atoms with E-state index in [0.29, 0.717) is 0 Å². The predicted octanol–water partition coefficient (Wildman–Crippen LogP) is 3.96. The van der Waals surface area contributed by atoms with Gasteiger partial charge in [-0.2, -0.15) is 0 Å². The van der Waals surface area contributed by atoms with E-state index in [1.54, 1.807) is 0 Å². The van der Waals surface area contributed by atoms with Crippen LogP contribution >= 0.6 is 20.7 Å². The summed E-state index contributed by atoms with van der Waals surface area (Å²) in [5, 5.41) is 10.1. The second kappa shape index (κ2) is 5.93. The fraction of sp³-hybridized carbons (Fsp3) is 0.312. The van der Waals surface area contributed by atoms with Crippen molar-refractivity contribution in [3.63, 3.8) is 0 Å². The molecule has 1 N–H and O–H groups in total. The molecule has 2 rings (SSSR count). The van der Waals surface area contributed by atoms with Crippen molar-refractivity contribution in [3.05, 3.63) is 57.2 Å². The minimum atomic E-state index is -0.320. The van der Waals surface area contributed by atoms with Crippen molar-refractivity contribution in [1.29, 1.82) is 0 Å². The summed E-state index contributed by atoms with van der Waals surface area (Å²) < 4.78 is 3.69. The Kier molecular flexibility index (Phi) is 4.51. The van der Waals surface area contributed by atoms with E-state index in [9.17, 15) is 5.11 Å². The molecule has 0 aliphatic carbocycles. The minimum Gasteiger partial charge on any atom is -0.388 e. The van der Waals surface area contributed by atoms with Crippen LogP contribution in [0.5, 0.6) is 0 Å². The maximum absolute atomic E-state index is 10.1. The molecule has 1 unspecified atom stereocenters. The van der Waals surface area contributed by atoms with Gasteiger partial charge in [-0.1, -0.05) is 64.9 Å². The van der Waals surface area contributed by atoms with Gasteiger partial charge in [0.1, 0.15) is 0 Å². The van der Waals surface area contributed by atoms with Crippen LogP contribution < -0.4 is 0 Å². The van der Waals surface area contributed by atoms with E-state index in [1.165, 1.54) is 14.6 Å². The van der Waals surface area contributed by atoms with Gasteiger partial charge in [-0.3, -0.25) is 0 Å². The summed E-state index contributed by atoms with van der Waals surface area (Å²) in [6.45, 7) is 6.26. The van der Waals surface area contributed by atoms with E-state index in [0.717, 1.165) is 5.57 Å². The van der Waals surface area contributed by atoms with E-state index in [2.05, 4.69) is 61.3 Å². The summed E-state index contributed by atoms with van der Waals surface area (Å²) in [7, 11) is 0. The fourth-order valence-corrected chi connectivity index (χ4v) is 4.50. The predicted molar refractivity (Wildman–Crippen MR) is 87.4 cm³/mol. The number of halogens is 1. The number of hydrogen-bond donors (Lipinski definition) is 1. The van der Waals surface area contributed by atoms with Gasteiger partial charge in [0.25, 0.3) is 0 Å². The first-order valence-corrected chi connectivity index (χ1v) is 8.54. The average Bonchev–Trinajstić information content (AvgIpc) is 2.38. The van der Waals surface area contributed by atoms with Crippen LogP contribution in [0.15, 0.2) is 46.1 Å². The van der Waals surface area contributed by atoms with Gasteiger partial charge in [-0.25, -0.2) is 0 Å². The summed E-state index contributed by atoms with van der Waals surface area (Å²) in [4.78, 5) is 0. The van der Waals surface area contributed by atoms with Crippen molar-refractivity contribution in [1.82, 2.24) is 0 Å². The summed E-state index contributed by atoms with van der Waals surface area (Å²) in [5.41, 5.74) is 3.78. The molecule has 1 aromatic rings. The Morgan fingerprint density at radius 1 is 1.11 bits per heavy atom. The quantitative estimate of drug-likeness (QED) is 0.815. The molecule has 0 bridgehead atoms. The Morgan fingerprint density at radius 3 is 2.39 bits per heavy atom. The molecule has 2 heteroatoms. The molecular formula is C16H19IO. The van der Waals surface area contributed by atoms with Gasteiger partial charge in [0.15, 0.2) is 0 Å². The molecule has 0 fully saturated rings. The van der Waals surface area contributed by atoms with Crippen molar-refractivity contribution in [2.75, 3.05) is 0 Å². The molecule has 1 heterocycles. The zero-order valence-corrected chi connectivity index (χ0v) is 13.2. The second-order valence-corrected chi connectivity index (χ2v) is 7.31. The van der Waals surface area contributed by atoms with Gasteiger partial charge in [0.2, 0.25) is 0 Å². The smallest absolute Gasteiger partial charge is 0.0817 e. The summed E-state index contributed by atoms with van der Waals surface area (Å²) in [5.74, 6) is 0.282. The zero-order chi connectivity index (χ0) is 13.1. The maximum Gasteiger partial charge on any atom is 0.0817 e. The van der Waals surface area contributed by atoms with Crippen LogP contribution in [-0.4, -0.2) is 14.7 Å². The highest BCUT2D eigenvalue weighted by molar-refractivity contribution is 14.2. The van der Waals surface area contributed by atoms with Crippen LogP contribution in [-0.2, 0) is 0 Å². The zero-order valence-electron chi connectivity index (χ0n) is 11.0. The lowest BCUT2D eigenvalue weighted by Gasteiger charge is -2.17. The van der Waals surface area contributed by atoms with Crippen LogP contribution in [0, 0.1) is 12.8 Å². The number of benzene rings is 1. The van der Waals surface area contributed by atoms with Crippen LogP contribution in [0.4, 0.5) is 0 Å². The lowest BCUT2D eigenvalue weighted by Crippen LogP contribution is -2.17. The number of allylic oxidation sites excluding steroid dienone is 1. The van der Waals surface area contributed by atoms with Gasteiger partial charge < -0.3 is 5.11 Å². The molecule has 0 saturated heterocycles. The standard InChI is InChI=1S/C16H19IO/c1-11(2)16(18)13-8-9-15(17-10-13)14-7-5-4-6-12(14)3/h4-11,16,18H,1-3H3. The van der Waals surface area contributed by atoms with Crippen LogP contribution in [0.25, 0.3) is 0 Å².